The second kappa shape index (κ2) is 8.24. The van der Waals surface area contributed by atoms with Crippen LogP contribution in [0.25, 0.3) is 0 Å². The fourth-order valence-electron chi connectivity index (χ4n) is 3.40. The van der Waals surface area contributed by atoms with Crippen molar-refractivity contribution in [3.63, 3.8) is 0 Å². The molecule has 2 rings (SSSR count). The molecule has 5 nitrogen and oxygen atoms in total. The third-order valence-electron chi connectivity index (χ3n) is 4.44. The Hall–Kier alpha value is -1.95. The van der Waals surface area contributed by atoms with Crippen molar-refractivity contribution in [2.75, 3.05) is 6.61 Å². The zero-order valence-corrected chi connectivity index (χ0v) is 14.1. The molecule has 0 spiro atoms. The van der Waals surface area contributed by atoms with Crippen LogP contribution in [0.2, 0.25) is 0 Å². The van der Waals surface area contributed by atoms with Gasteiger partial charge in [0, 0.05) is 11.6 Å². The number of amides is 2. The summed E-state index contributed by atoms with van der Waals surface area (Å²) in [5.41, 5.74) is 0.238. The topological polar surface area (TPSA) is 78.4 Å². The lowest BCUT2D eigenvalue weighted by atomic mass is 9.80. The van der Waals surface area contributed by atoms with Crippen molar-refractivity contribution >= 4 is 11.8 Å². The first kappa shape index (κ1) is 18.4. The van der Waals surface area contributed by atoms with Gasteiger partial charge in [0.25, 0.3) is 5.91 Å². The molecule has 1 aliphatic rings. The molecule has 3 atom stereocenters. The van der Waals surface area contributed by atoms with Gasteiger partial charge in [0.2, 0.25) is 5.91 Å². The van der Waals surface area contributed by atoms with Crippen LogP contribution in [-0.4, -0.2) is 35.6 Å². The van der Waals surface area contributed by atoms with E-state index in [0.29, 0.717) is 11.8 Å². The molecule has 0 radical (unpaired) electrons. The number of carbonyl (C=O) groups is 2. The average Bonchev–Trinajstić information content (AvgIpc) is 2.51. The molecule has 0 aliphatic heterocycles. The Bertz CT molecular complexity index is 566. The molecule has 0 aromatic heterocycles. The van der Waals surface area contributed by atoms with Crippen molar-refractivity contribution in [2.24, 2.45) is 11.8 Å². The SMILES string of the molecule is CC1CC(C)CC(NC(=O)[C@H](CO)NC(=O)c2ccc(F)cc2)C1. The van der Waals surface area contributed by atoms with Crippen LogP contribution in [0.5, 0.6) is 0 Å². The van der Waals surface area contributed by atoms with Gasteiger partial charge in [-0.05, 0) is 55.4 Å². The first-order valence-electron chi connectivity index (χ1n) is 8.36. The van der Waals surface area contributed by atoms with Gasteiger partial charge in [-0.25, -0.2) is 4.39 Å². The summed E-state index contributed by atoms with van der Waals surface area (Å²) in [5, 5.41) is 14.8. The number of hydrogen-bond acceptors (Lipinski definition) is 3. The Morgan fingerprint density at radius 2 is 1.75 bits per heavy atom. The van der Waals surface area contributed by atoms with E-state index in [1.807, 2.05) is 0 Å². The van der Waals surface area contributed by atoms with Crippen molar-refractivity contribution < 1.29 is 19.1 Å². The number of carbonyl (C=O) groups excluding carboxylic acids is 2. The lowest BCUT2D eigenvalue weighted by Crippen LogP contribution is -2.52. The molecule has 3 N–H and O–H groups in total. The highest BCUT2D eigenvalue weighted by Crippen LogP contribution is 2.28. The second-order valence-electron chi connectivity index (χ2n) is 6.84. The van der Waals surface area contributed by atoms with E-state index in [0.717, 1.165) is 19.3 Å². The Kier molecular flexibility index (Phi) is 6.31. The molecule has 2 unspecified atom stereocenters. The summed E-state index contributed by atoms with van der Waals surface area (Å²) in [6.07, 6.45) is 2.96. The standard InChI is InChI=1S/C18H25FN2O3/c1-11-7-12(2)9-15(8-11)20-18(24)16(10-22)21-17(23)13-3-5-14(19)6-4-13/h3-6,11-12,15-16,22H,7-10H2,1-2H3,(H,20,24)(H,21,23)/t11?,12?,15?,16-/m0/s1. The molecule has 1 fully saturated rings. The predicted octanol–water partition coefficient (Wildman–Crippen LogP) is 1.86. The highest BCUT2D eigenvalue weighted by atomic mass is 19.1. The first-order chi connectivity index (χ1) is 11.4. The van der Waals surface area contributed by atoms with Crippen molar-refractivity contribution in [1.82, 2.24) is 10.6 Å². The van der Waals surface area contributed by atoms with Gasteiger partial charge < -0.3 is 15.7 Å². The number of benzene rings is 1. The molecule has 0 heterocycles. The predicted molar refractivity (Wildman–Crippen MR) is 88.8 cm³/mol. The Morgan fingerprint density at radius 3 is 2.29 bits per heavy atom. The normalized spacial score (nSPS) is 24.9. The molecule has 1 aromatic rings. The largest absolute Gasteiger partial charge is 0.394 e. The van der Waals surface area contributed by atoms with Gasteiger partial charge in [-0.3, -0.25) is 9.59 Å². The average molecular weight is 336 g/mol. The monoisotopic (exact) mass is 336 g/mol. The van der Waals surface area contributed by atoms with Crippen LogP contribution in [0.4, 0.5) is 4.39 Å². The molecule has 1 aromatic carbocycles. The quantitative estimate of drug-likeness (QED) is 0.768. The number of aliphatic hydroxyl groups excluding tert-OH is 1. The maximum Gasteiger partial charge on any atom is 0.251 e. The molecule has 0 bridgehead atoms. The van der Waals surface area contributed by atoms with Gasteiger partial charge in [0.15, 0.2) is 0 Å². The minimum absolute atomic E-state index is 0.0630. The number of hydrogen-bond donors (Lipinski definition) is 3. The Morgan fingerprint density at radius 1 is 1.17 bits per heavy atom. The van der Waals surface area contributed by atoms with E-state index < -0.39 is 24.4 Å². The lowest BCUT2D eigenvalue weighted by molar-refractivity contribution is -0.125. The van der Waals surface area contributed by atoms with Crippen molar-refractivity contribution in [2.45, 2.75) is 45.2 Å². The minimum atomic E-state index is -1.02. The minimum Gasteiger partial charge on any atom is -0.394 e. The van der Waals surface area contributed by atoms with Gasteiger partial charge in [-0.2, -0.15) is 0 Å². The van der Waals surface area contributed by atoms with E-state index in [-0.39, 0.29) is 17.5 Å². The van der Waals surface area contributed by atoms with Crippen LogP contribution in [0, 0.1) is 17.7 Å². The fourth-order valence-corrected chi connectivity index (χ4v) is 3.40. The first-order valence-corrected chi connectivity index (χ1v) is 8.36. The molecule has 24 heavy (non-hydrogen) atoms. The zero-order valence-electron chi connectivity index (χ0n) is 14.1. The maximum absolute atomic E-state index is 12.9. The third kappa shape index (κ3) is 5.03. The molecule has 6 heteroatoms. The highest BCUT2D eigenvalue weighted by molar-refractivity contribution is 5.97. The number of nitrogens with one attached hydrogen (secondary N) is 2. The van der Waals surface area contributed by atoms with Gasteiger partial charge in [0.1, 0.15) is 11.9 Å². The summed E-state index contributed by atoms with van der Waals surface area (Å²) in [6.45, 7) is 3.83. The molecule has 1 saturated carbocycles. The zero-order chi connectivity index (χ0) is 17.7. The Balaban J connectivity index is 1.93. The van der Waals surface area contributed by atoms with E-state index in [1.165, 1.54) is 24.3 Å². The molecule has 0 saturated heterocycles. The molecule has 2 amide bonds. The highest BCUT2D eigenvalue weighted by Gasteiger charge is 2.28. The number of aliphatic hydroxyl groups is 1. The number of rotatable bonds is 5. The van der Waals surface area contributed by atoms with Crippen LogP contribution in [-0.2, 0) is 4.79 Å². The summed E-state index contributed by atoms with van der Waals surface area (Å²) in [6, 6.07) is 4.06. The van der Waals surface area contributed by atoms with Gasteiger partial charge >= 0.3 is 0 Å². The van der Waals surface area contributed by atoms with E-state index in [9.17, 15) is 19.1 Å². The van der Waals surface area contributed by atoms with E-state index in [2.05, 4.69) is 24.5 Å². The second-order valence-corrected chi connectivity index (χ2v) is 6.84. The van der Waals surface area contributed by atoms with Gasteiger partial charge in [-0.1, -0.05) is 13.8 Å². The van der Waals surface area contributed by atoms with Crippen LogP contribution >= 0.6 is 0 Å². The summed E-state index contributed by atoms with van der Waals surface area (Å²) >= 11 is 0. The molecule has 1 aliphatic carbocycles. The third-order valence-corrected chi connectivity index (χ3v) is 4.44. The van der Waals surface area contributed by atoms with Crippen molar-refractivity contribution in [1.29, 1.82) is 0 Å². The summed E-state index contributed by atoms with van der Waals surface area (Å²) in [4.78, 5) is 24.4. The fraction of sp³-hybridized carbons (Fsp3) is 0.556. The van der Waals surface area contributed by atoms with E-state index >= 15 is 0 Å². The van der Waals surface area contributed by atoms with Crippen LogP contribution in [0.1, 0.15) is 43.5 Å². The lowest BCUT2D eigenvalue weighted by Gasteiger charge is -2.32. The summed E-state index contributed by atoms with van der Waals surface area (Å²) in [7, 11) is 0. The van der Waals surface area contributed by atoms with E-state index in [1.54, 1.807) is 0 Å². The van der Waals surface area contributed by atoms with Crippen molar-refractivity contribution in [3.05, 3.63) is 35.6 Å². The van der Waals surface area contributed by atoms with Gasteiger partial charge in [-0.15, -0.1) is 0 Å². The Labute approximate surface area is 141 Å². The molecule has 132 valence electrons. The van der Waals surface area contributed by atoms with Crippen molar-refractivity contribution in [3.8, 4) is 0 Å². The number of halogens is 1. The molecular weight excluding hydrogens is 311 g/mol. The molecular formula is C18H25FN2O3. The van der Waals surface area contributed by atoms with Crippen LogP contribution in [0.3, 0.4) is 0 Å². The van der Waals surface area contributed by atoms with E-state index in [4.69, 9.17) is 0 Å². The van der Waals surface area contributed by atoms with Crippen LogP contribution in [0.15, 0.2) is 24.3 Å². The van der Waals surface area contributed by atoms with Gasteiger partial charge in [0.05, 0.1) is 6.61 Å². The maximum atomic E-state index is 12.9. The summed E-state index contributed by atoms with van der Waals surface area (Å²) in [5.74, 6) is -0.266. The van der Waals surface area contributed by atoms with Crippen LogP contribution < -0.4 is 10.6 Å². The smallest absolute Gasteiger partial charge is 0.251 e. The summed E-state index contributed by atoms with van der Waals surface area (Å²) < 4.78 is 12.9.